The van der Waals surface area contributed by atoms with Crippen LogP contribution in [0.4, 0.5) is 9.18 Å². The number of likely N-dealkylation sites (tertiary alicyclic amines) is 1. The van der Waals surface area contributed by atoms with E-state index in [1.165, 1.54) is 32.9 Å². The van der Waals surface area contributed by atoms with Gasteiger partial charge in [0.1, 0.15) is 29.3 Å². The fourth-order valence-corrected chi connectivity index (χ4v) is 5.86. The maximum atomic E-state index is 14.3. The Hall–Kier alpha value is -5.02. The van der Waals surface area contributed by atoms with Crippen LogP contribution in [0, 0.1) is 5.82 Å². The van der Waals surface area contributed by atoms with Crippen LogP contribution in [-0.2, 0) is 28.7 Å². The smallest absolute Gasteiger partial charge is 0.409 e. The third-order valence-electron chi connectivity index (χ3n) is 8.41. The largest absolute Gasteiger partial charge is 0.483 e. The molecule has 2 aliphatic heterocycles. The summed E-state index contributed by atoms with van der Waals surface area (Å²) in [5.41, 5.74) is -0.146. The van der Waals surface area contributed by atoms with Crippen LogP contribution < -0.4 is 15.4 Å². The van der Waals surface area contributed by atoms with Gasteiger partial charge in [-0.2, -0.15) is 0 Å². The lowest BCUT2D eigenvalue weighted by Crippen LogP contribution is -2.56. The molecule has 272 valence electrons. The minimum Gasteiger partial charge on any atom is -0.483 e. The summed E-state index contributed by atoms with van der Waals surface area (Å²) in [5.74, 6) is -3.01. The number of hydrogen-bond acceptors (Lipinski definition) is 10. The molecule has 1 aromatic heterocycles. The number of rotatable bonds is 14. The van der Waals surface area contributed by atoms with Crippen LogP contribution in [0.1, 0.15) is 63.4 Å². The van der Waals surface area contributed by atoms with Gasteiger partial charge in [0.15, 0.2) is 6.61 Å². The van der Waals surface area contributed by atoms with Crippen molar-refractivity contribution in [3.63, 3.8) is 0 Å². The molecule has 3 heterocycles. The second-order valence-electron chi connectivity index (χ2n) is 11.9. The van der Waals surface area contributed by atoms with Gasteiger partial charge < -0.3 is 39.5 Å². The van der Waals surface area contributed by atoms with Gasteiger partial charge in [0.2, 0.25) is 11.8 Å². The fourth-order valence-electron chi connectivity index (χ4n) is 5.86. The summed E-state index contributed by atoms with van der Waals surface area (Å²) in [5, 5.41) is 5.82. The molecule has 15 nitrogen and oxygen atoms in total. The standard InChI is InChI=1S/C34H45FN6O9/c1-4-13-36-32(45)27-8-7-14-41(27)29(42)21-50-28-20-26(37-25-19-22(35)9-10-23(25)28)31(44)38-24(11-12-30(43)48-5-2)33(46)39-15-17-40(18-16-39)34(47)49-6-3/h9-10,19-20,24,27H,4-8,11-18,21H2,1-3H3,(H,36,45)(H,38,44). The maximum absolute atomic E-state index is 14.3. The van der Waals surface area contributed by atoms with Crippen molar-refractivity contribution in [2.24, 2.45) is 0 Å². The van der Waals surface area contributed by atoms with E-state index in [0.29, 0.717) is 31.3 Å². The molecule has 2 N–H and O–H groups in total. The average Bonchev–Trinajstić information content (AvgIpc) is 3.61. The van der Waals surface area contributed by atoms with Gasteiger partial charge in [-0.3, -0.25) is 24.0 Å². The summed E-state index contributed by atoms with van der Waals surface area (Å²) in [6.45, 7) is 6.90. The highest BCUT2D eigenvalue weighted by Gasteiger charge is 2.35. The molecule has 2 atom stereocenters. The van der Waals surface area contributed by atoms with E-state index in [4.69, 9.17) is 14.2 Å². The quantitative estimate of drug-likeness (QED) is 0.277. The van der Waals surface area contributed by atoms with Gasteiger partial charge >= 0.3 is 12.1 Å². The number of halogens is 1. The number of nitrogens with one attached hydrogen (secondary N) is 2. The van der Waals surface area contributed by atoms with Gasteiger partial charge in [-0.25, -0.2) is 14.2 Å². The number of carbonyl (C=O) groups excluding carboxylic acids is 6. The summed E-state index contributed by atoms with van der Waals surface area (Å²) >= 11 is 0. The van der Waals surface area contributed by atoms with E-state index in [0.717, 1.165) is 12.5 Å². The molecular weight excluding hydrogens is 655 g/mol. The topological polar surface area (TPSA) is 177 Å². The molecule has 0 aliphatic carbocycles. The van der Waals surface area contributed by atoms with Gasteiger partial charge in [-0.05, 0) is 51.7 Å². The third kappa shape index (κ3) is 9.79. The van der Waals surface area contributed by atoms with Crippen LogP contribution in [0.15, 0.2) is 24.3 Å². The van der Waals surface area contributed by atoms with Gasteiger partial charge in [0.25, 0.3) is 11.8 Å². The number of ether oxygens (including phenoxy) is 3. The number of hydrogen-bond donors (Lipinski definition) is 2. The zero-order valence-corrected chi connectivity index (χ0v) is 28.7. The third-order valence-corrected chi connectivity index (χ3v) is 8.41. The van der Waals surface area contributed by atoms with Crippen molar-refractivity contribution in [2.45, 2.75) is 65.0 Å². The van der Waals surface area contributed by atoms with Crippen molar-refractivity contribution in [1.82, 2.24) is 30.3 Å². The van der Waals surface area contributed by atoms with E-state index in [1.807, 2.05) is 6.92 Å². The number of aromatic nitrogens is 1. The molecule has 2 fully saturated rings. The number of piperazine rings is 1. The molecule has 0 bridgehead atoms. The van der Waals surface area contributed by atoms with Crippen LogP contribution in [0.3, 0.4) is 0 Å². The van der Waals surface area contributed by atoms with Crippen molar-refractivity contribution in [3.8, 4) is 5.75 Å². The fraction of sp³-hybridized carbons (Fsp3) is 0.559. The maximum Gasteiger partial charge on any atom is 0.409 e. The highest BCUT2D eigenvalue weighted by atomic mass is 19.1. The number of amides is 5. The number of fused-ring (bicyclic) bond motifs is 1. The van der Waals surface area contributed by atoms with E-state index < -0.39 is 54.3 Å². The molecule has 2 aliphatic rings. The molecule has 0 saturated carbocycles. The van der Waals surface area contributed by atoms with Crippen LogP contribution in [0.5, 0.6) is 5.75 Å². The normalized spacial score (nSPS) is 16.5. The number of benzene rings is 1. The molecule has 0 radical (unpaired) electrons. The van der Waals surface area contributed by atoms with E-state index in [1.54, 1.807) is 13.8 Å². The number of nitrogens with zero attached hydrogens (tertiary/aromatic N) is 4. The lowest BCUT2D eigenvalue weighted by molar-refractivity contribution is -0.143. The molecule has 16 heteroatoms. The van der Waals surface area contributed by atoms with E-state index >= 15 is 0 Å². The molecule has 0 spiro atoms. The Balaban J connectivity index is 1.52. The number of carbonyl (C=O) groups is 6. The molecule has 1 aromatic carbocycles. The van der Waals surface area contributed by atoms with Gasteiger partial charge in [0, 0.05) is 63.2 Å². The summed E-state index contributed by atoms with van der Waals surface area (Å²) in [6.07, 6.45) is 1.23. The van der Waals surface area contributed by atoms with Crippen molar-refractivity contribution < 1.29 is 47.4 Å². The second-order valence-corrected chi connectivity index (χ2v) is 11.9. The first kappa shape index (κ1) is 37.8. The van der Waals surface area contributed by atoms with Gasteiger partial charge in [0.05, 0.1) is 18.7 Å². The Morgan fingerprint density at radius 3 is 2.38 bits per heavy atom. The molecule has 2 aromatic rings. The molecule has 4 rings (SSSR count). The summed E-state index contributed by atoms with van der Waals surface area (Å²) < 4.78 is 30.2. The van der Waals surface area contributed by atoms with Gasteiger partial charge in [-0.1, -0.05) is 6.92 Å². The lowest BCUT2D eigenvalue weighted by atomic mass is 10.1. The highest BCUT2D eigenvalue weighted by molar-refractivity contribution is 5.99. The minimum absolute atomic E-state index is 0.0718. The predicted octanol–water partition coefficient (Wildman–Crippen LogP) is 2.01. The zero-order valence-electron chi connectivity index (χ0n) is 28.7. The first-order valence-corrected chi connectivity index (χ1v) is 17.0. The zero-order chi connectivity index (χ0) is 36.2. The van der Waals surface area contributed by atoms with Crippen molar-refractivity contribution >= 4 is 46.6 Å². The number of esters is 1. The predicted molar refractivity (Wildman–Crippen MR) is 178 cm³/mol. The molecule has 2 saturated heterocycles. The molecule has 50 heavy (non-hydrogen) atoms. The van der Waals surface area contributed by atoms with Crippen LogP contribution in [0.25, 0.3) is 10.9 Å². The van der Waals surface area contributed by atoms with Gasteiger partial charge in [-0.15, -0.1) is 0 Å². The molecule has 5 amide bonds. The first-order chi connectivity index (χ1) is 24.1. The van der Waals surface area contributed by atoms with Crippen LogP contribution in [-0.4, -0.2) is 127 Å². The lowest BCUT2D eigenvalue weighted by Gasteiger charge is -2.36. The van der Waals surface area contributed by atoms with E-state index in [9.17, 15) is 33.2 Å². The monoisotopic (exact) mass is 700 g/mol. The number of pyridine rings is 1. The Morgan fingerprint density at radius 1 is 0.960 bits per heavy atom. The Bertz CT molecular complexity index is 1570. The van der Waals surface area contributed by atoms with Crippen molar-refractivity contribution in [1.29, 1.82) is 0 Å². The van der Waals surface area contributed by atoms with Crippen molar-refractivity contribution in [2.75, 3.05) is 59.1 Å². The Morgan fingerprint density at radius 2 is 1.68 bits per heavy atom. The summed E-state index contributed by atoms with van der Waals surface area (Å²) in [7, 11) is 0. The van der Waals surface area contributed by atoms with E-state index in [-0.39, 0.29) is 75.1 Å². The Labute approximate surface area is 289 Å². The minimum atomic E-state index is -1.16. The highest BCUT2D eigenvalue weighted by Crippen LogP contribution is 2.27. The molecule has 2 unspecified atom stereocenters. The average molecular weight is 701 g/mol. The summed E-state index contributed by atoms with van der Waals surface area (Å²) in [6, 6.07) is 3.24. The van der Waals surface area contributed by atoms with E-state index in [2.05, 4.69) is 15.6 Å². The van der Waals surface area contributed by atoms with Crippen LogP contribution >= 0.6 is 0 Å². The SMILES string of the molecule is CCCNC(=O)C1CCCN1C(=O)COc1cc(C(=O)NC(CCC(=O)OCC)C(=O)N2CCN(C(=O)OCC)CC2)nc2cc(F)ccc12. The van der Waals surface area contributed by atoms with Crippen molar-refractivity contribution in [3.05, 3.63) is 35.8 Å². The first-order valence-electron chi connectivity index (χ1n) is 17.0. The summed E-state index contributed by atoms with van der Waals surface area (Å²) in [4.78, 5) is 86.2. The second kappa shape index (κ2) is 18.1. The Kier molecular flexibility index (Phi) is 13.7. The van der Waals surface area contributed by atoms with Crippen LogP contribution in [0.2, 0.25) is 0 Å². The molecular formula is C34H45FN6O9.